The van der Waals surface area contributed by atoms with E-state index in [1.165, 1.54) is 0 Å². The van der Waals surface area contributed by atoms with Gasteiger partial charge >= 0.3 is 0 Å². The minimum absolute atomic E-state index is 0.0663. The number of aliphatic imine (C=N–C) groups is 1. The average molecular weight is 412 g/mol. The van der Waals surface area contributed by atoms with Gasteiger partial charge in [0.05, 0.1) is 39.1 Å². The summed E-state index contributed by atoms with van der Waals surface area (Å²) in [6, 6.07) is 9.99. The summed E-state index contributed by atoms with van der Waals surface area (Å²) in [6.45, 7) is 6.93. The Hall–Kier alpha value is -2.81. The van der Waals surface area contributed by atoms with Gasteiger partial charge in [-0.3, -0.25) is 0 Å². The van der Waals surface area contributed by atoms with E-state index < -0.39 is 22.7 Å². The van der Waals surface area contributed by atoms with E-state index in [1.807, 2.05) is 26.8 Å². The maximum atomic E-state index is 10.4. The Balaban J connectivity index is 2.15. The number of rotatable bonds is 10. The Labute approximate surface area is 177 Å². The molecule has 0 spiro atoms. The third-order valence-electron chi connectivity index (χ3n) is 5.75. The van der Waals surface area contributed by atoms with E-state index in [0.717, 1.165) is 5.56 Å². The van der Waals surface area contributed by atoms with E-state index in [9.17, 15) is 10.5 Å². The molecule has 160 valence electrons. The first-order valence-electron chi connectivity index (χ1n) is 10.2. The Kier molecular flexibility index (Phi) is 5.94. The summed E-state index contributed by atoms with van der Waals surface area (Å²) < 4.78 is 23.1. The summed E-state index contributed by atoms with van der Waals surface area (Å²) in [5.74, 6) is -1.02. The topological polar surface area (TPSA) is 123 Å². The summed E-state index contributed by atoms with van der Waals surface area (Å²) in [5, 5.41) is 20.6. The number of ether oxygens (including phenoxy) is 4. The van der Waals surface area contributed by atoms with Crippen molar-refractivity contribution in [3.8, 4) is 23.6 Å². The van der Waals surface area contributed by atoms with E-state index in [2.05, 4.69) is 17.1 Å². The number of nitriles is 2. The highest BCUT2D eigenvalue weighted by molar-refractivity contribution is 6.00. The summed E-state index contributed by atoms with van der Waals surface area (Å²) >= 11 is 0. The average Bonchev–Trinajstić information content (AvgIpc) is 3.34. The van der Waals surface area contributed by atoms with Gasteiger partial charge < -0.3 is 24.7 Å². The molecule has 30 heavy (non-hydrogen) atoms. The number of methoxy groups -OCH3 is 1. The minimum atomic E-state index is -1.62. The molecule has 8 heteroatoms. The molecule has 1 aliphatic carbocycles. The van der Waals surface area contributed by atoms with Gasteiger partial charge in [0.15, 0.2) is 16.9 Å². The highest BCUT2D eigenvalue weighted by atomic mass is 16.7. The smallest absolute Gasteiger partial charge is 0.293 e. The van der Waals surface area contributed by atoms with Crippen molar-refractivity contribution in [3.63, 3.8) is 0 Å². The molecule has 8 nitrogen and oxygen atoms in total. The van der Waals surface area contributed by atoms with Gasteiger partial charge in [-0.1, -0.05) is 19.9 Å². The molecular weight excluding hydrogens is 384 g/mol. The van der Waals surface area contributed by atoms with Gasteiger partial charge in [0, 0.05) is 5.92 Å². The van der Waals surface area contributed by atoms with E-state index in [4.69, 9.17) is 24.7 Å². The Morgan fingerprint density at radius 2 is 1.73 bits per heavy atom. The summed E-state index contributed by atoms with van der Waals surface area (Å²) in [7, 11) is 1.55. The zero-order chi connectivity index (χ0) is 22.0. The molecule has 0 amide bonds. The molecule has 0 radical (unpaired) electrons. The van der Waals surface area contributed by atoms with Crippen molar-refractivity contribution in [2.45, 2.75) is 45.4 Å². The molecule has 0 aromatic heterocycles. The third-order valence-corrected chi connectivity index (χ3v) is 5.75. The van der Waals surface area contributed by atoms with Crippen molar-refractivity contribution in [1.29, 1.82) is 10.5 Å². The molecule has 3 atom stereocenters. The normalized spacial score (nSPS) is 28.1. The number of nitrogens with zero attached hydrogens (tertiary/aromatic N) is 3. The lowest BCUT2D eigenvalue weighted by Gasteiger charge is -2.32. The van der Waals surface area contributed by atoms with Crippen LogP contribution in [-0.2, 0) is 9.47 Å². The van der Waals surface area contributed by atoms with E-state index >= 15 is 0 Å². The van der Waals surface area contributed by atoms with Gasteiger partial charge in [-0.25, -0.2) is 4.99 Å². The second-order valence-electron chi connectivity index (χ2n) is 7.39. The van der Waals surface area contributed by atoms with Crippen LogP contribution in [0.3, 0.4) is 0 Å². The maximum Gasteiger partial charge on any atom is 0.293 e. The molecule has 1 aromatic rings. The summed E-state index contributed by atoms with van der Waals surface area (Å²) in [6.07, 6.45) is 1.41. The Bertz CT molecular complexity index is 911. The third kappa shape index (κ3) is 2.68. The highest BCUT2D eigenvalue weighted by Gasteiger charge is 2.93. The lowest BCUT2D eigenvalue weighted by molar-refractivity contribution is -0.259. The van der Waals surface area contributed by atoms with Gasteiger partial charge in [-0.15, -0.1) is 0 Å². The van der Waals surface area contributed by atoms with Crippen LogP contribution in [0.4, 0.5) is 0 Å². The molecule has 1 fully saturated rings. The highest BCUT2D eigenvalue weighted by Crippen LogP contribution is 2.82. The van der Waals surface area contributed by atoms with Crippen LogP contribution in [0.15, 0.2) is 23.2 Å². The second-order valence-corrected chi connectivity index (χ2v) is 7.39. The largest absolute Gasteiger partial charge is 0.493 e. The number of hydrogen-bond acceptors (Lipinski definition) is 8. The number of hydrogen-bond donors (Lipinski definition) is 1. The molecule has 0 saturated heterocycles. The first kappa shape index (κ1) is 21.9. The second kappa shape index (κ2) is 8.14. The van der Waals surface area contributed by atoms with Crippen LogP contribution in [0.5, 0.6) is 11.5 Å². The predicted molar refractivity (Wildman–Crippen MR) is 110 cm³/mol. The molecule has 3 unspecified atom stereocenters. The van der Waals surface area contributed by atoms with E-state index in [0.29, 0.717) is 44.2 Å². The molecule has 2 N–H and O–H groups in total. The quantitative estimate of drug-likeness (QED) is 0.586. The van der Waals surface area contributed by atoms with Crippen LogP contribution in [0.2, 0.25) is 0 Å². The van der Waals surface area contributed by atoms with Crippen molar-refractivity contribution in [1.82, 2.24) is 0 Å². The SMILES string of the molecule is CCCOC1(OCCC)N=C(N)C2(C#N)C(c3ccc(OCC)c(OC)c3)C12C#N. The van der Waals surface area contributed by atoms with Crippen LogP contribution >= 0.6 is 0 Å². The van der Waals surface area contributed by atoms with Gasteiger partial charge in [0.2, 0.25) is 0 Å². The monoisotopic (exact) mass is 412 g/mol. The zero-order valence-corrected chi connectivity index (χ0v) is 17.9. The number of fused-ring (bicyclic) bond motifs is 1. The Morgan fingerprint density at radius 3 is 2.23 bits per heavy atom. The first-order valence-corrected chi connectivity index (χ1v) is 10.2. The zero-order valence-electron chi connectivity index (χ0n) is 17.9. The molecule has 1 aromatic carbocycles. The lowest BCUT2D eigenvalue weighted by Crippen LogP contribution is -2.44. The van der Waals surface area contributed by atoms with Crippen LogP contribution in [-0.4, -0.2) is 38.7 Å². The fraction of sp³-hybridized carbons (Fsp3) is 0.591. The van der Waals surface area contributed by atoms with Gasteiger partial charge in [-0.05, 0) is 37.5 Å². The first-order chi connectivity index (χ1) is 14.5. The minimum Gasteiger partial charge on any atom is -0.493 e. The predicted octanol–water partition coefficient (Wildman–Crippen LogP) is 3.09. The lowest BCUT2D eigenvalue weighted by atomic mass is 9.93. The molecule has 1 heterocycles. The van der Waals surface area contributed by atoms with Crippen molar-refractivity contribution in [3.05, 3.63) is 23.8 Å². The van der Waals surface area contributed by atoms with Crippen molar-refractivity contribution in [2.75, 3.05) is 26.9 Å². The van der Waals surface area contributed by atoms with Crippen LogP contribution in [0, 0.1) is 33.5 Å². The molecule has 1 aliphatic heterocycles. The van der Waals surface area contributed by atoms with Crippen molar-refractivity contribution >= 4 is 5.84 Å². The van der Waals surface area contributed by atoms with Crippen molar-refractivity contribution < 1.29 is 18.9 Å². The summed E-state index contributed by atoms with van der Waals surface area (Å²) in [4.78, 5) is 4.43. The molecule has 3 rings (SSSR count). The molecule has 0 bridgehead atoms. The number of amidine groups is 1. The molecular formula is C22H28N4O4. The molecule has 1 saturated carbocycles. The Morgan fingerprint density at radius 1 is 1.07 bits per heavy atom. The standard InChI is InChI=1S/C22H28N4O4/c1-5-10-29-22(30-11-6-2)21(14-24)18(20(21,13-23)19(25)26-22)15-8-9-16(28-7-3)17(12-15)27-4/h8-9,12,18H,5-7,10-11H2,1-4H3,(H2,25,26). The fourth-order valence-electron chi connectivity index (χ4n) is 4.48. The van der Waals surface area contributed by atoms with Gasteiger partial charge in [-0.2, -0.15) is 10.5 Å². The van der Waals surface area contributed by atoms with Crippen LogP contribution < -0.4 is 15.2 Å². The van der Waals surface area contributed by atoms with E-state index in [-0.39, 0.29) is 5.84 Å². The summed E-state index contributed by atoms with van der Waals surface area (Å²) in [5.41, 5.74) is 4.29. The van der Waals surface area contributed by atoms with Gasteiger partial charge in [0.1, 0.15) is 11.3 Å². The maximum absolute atomic E-state index is 10.4. The van der Waals surface area contributed by atoms with Crippen LogP contribution in [0.1, 0.15) is 45.1 Å². The van der Waals surface area contributed by atoms with Gasteiger partial charge in [0.25, 0.3) is 5.91 Å². The number of benzene rings is 1. The van der Waals surface area contributed by atoms with E-state index in [1.54, 1.807) is 19.2 Å². The van der Waals surface area contributed by atoms with Crippen molar-refractivity contribution in [2.24, 2.45) is 21.6 Å². The number of nitrogens with two attached hydrogens (primary N) is 1. The fourth-order valence-corrected chi connectivity index (χ4v) is 4.48. The molecule has 2 aliphatic rings. The van der Waals surface area contributed by atoms with Crippen LogP contribution in [0.25, 0.3) is 0 Å².